The third-order valence-electron chi connectivity index (χ3n) is 6.18. The van der Waals surface area contributed by atoms with Crippen LogP contribution in [0.3, 0.4) is 0 Å². The lowest BCUT2D eigenvalue weighted by Gasteiger charge is -2.43. The normalized spacial score (nSPS) is 37.0. The highest BCUT2D eigenvalue weighted by molar-refractivity contribution is 6.15. The smallest absolute Gasteiger partial charge is 0.423 e. The first-order valence-corrected chi connectivity index (χ1v) is 9.07. The van der Waals surface area contributed by atoms with Gasteiger partial charge in [0.2, 0.25) is 11.8 Å². The van der Waals surface area contributed by atoms with Gasteiger partial charge in [-0.05, 0) is 30.5 Å². The van der Waals surface area contributed by atoms with E-state index in [1.807, 2.05) is 0 Å². The molecule has 150 valence electrons. The predicted octanol–water partition coefficient (Wildman–Crippen LogP) is 0.538. The maximum absolute atomic E-state index is 12.9. The number of hydrogen-bond donors (Lipinski definition) is 3. The highest BCUT2D eigenvalue weighted by atomic mass is 16.6. The monoisotopic (exact) mass is 391 g/mol. The van der Waals surface area contributed by atoms with Gasteiger partial charge in [-0.15, -0.1) is 0 Å². The number of nitrogens with zero attached hydrogens (tertiary/aromatic N) is 1. The molecule has 0 bridgehead atoms. The van der Waals surface area contributed by atoms with Crippen molar-refractivity contribution in [3.63, 3.8) is 0 Å². The van der Waals surface area contributed by atoms with Crippen molar-refractivity contribution < 1.29 is 39.2 Å². The van der Waals surface area contributed by atoms with Crippen LogP contribution in [0.5, 0.6) is 5.75 Å². The Bertz CT molecular complexity index is 841. The molecular weight excluding hydrogens is 370 g/mol. The maximum atomic E-state index is 12.9. The van der Waals surface area contributed by atoms with E-state index >= 15 is 0 Å². The molecule has 0 radical (unpaired) electrons. The van der Waals surface area contributed by atoms with Gasteiger partial charge in [0.05, 0.1) is 31.7 Å². The molecule has 1 aromatic rings. The first-order valence-electron chi connectivity index (χ1n) is 9.07. The van der Waals surface area contributed by atoms with Crippen molar-refractivity contribution in [1.82, 2.24) is 4.90 Å². The molecule has 28 heavy (non-hydrogen) atoms. The Kier molecular flexibility index (Phi) is 4.40. The van der Waals surface area contributed by atoms with Crippen molar-refractivity contribution >= 4 is 17.9 Å². The van der Waals surface area contributed by atoms with Crippen LogP contribution in [-0.4, -0.2) is 57.6 Å². The molecule has 2 aliphatic heterocycles. The molecule has 1 aromatic carbocycles. The minimum absolute atomic E-state index is 0.0129. The molecule has 2 heterocycles. The second kappa shape index (κ2) is 6.54. The Morgan fingerprint density at radius 1 is 1.32 bits per heavy atom. The molecule has 2 saturated heterocycles. The molecule has 9 heteroatoms. The van der Waals surface area contributed by atoms with Crippen LogP contribution >= 0.6 is 0 Å². The number of phenolic OH excluding ortho intramolecular Hbond substituents is 1. The maximum Gasteiger partial charge on any atom is 0.423 e. The average Bonchev–Trinajstić information content (AvgIpc) is 3.15. The lowest BCUT2D eigenvalue weighted by Crippen LogP contribution is -2.54. The number of phenols is 1. The van der Waals surface area contributed by atoms with Gasteiger partial charge >= 0.3 is 6.09 Å². The van der Waals surface area contributed by atoms with Crippen molar-refractivity contribution in [1.29, 1.82) is 0 Å². The van der Waals surface area contributed by atoms with Gasteiger partial charge in [0.25, 0.3) is 0 Å². The van der Waals surface area contributed by atoms with Crippen LogP contribution in [0.4, 0.5) is 4.79 Å². The lowest BCUT2D eigenvalue weighted by molar-refractivity contribution is -0.274. The van der Waals surface area contributed by atoms with Gasteiger partial charge in [-0.25, -0.2) is 4.79 Å². The Morgan fingerprint density at radius 3 is 2.71 bits per heavy atom. The number of hydrogen-bond acceptors (Lipinski definition) is 8. The van der Waals surface area contributed by atoms with E-state index in [0.717, 1.165) is 7.11 Å². The molecule has 1 saturated carbocycles. The Morgan fingerprint density at radius 2 is 2.07 bits per heavy atom. The topological polar surface area (TPSA) is 134 Å². The molecule has 0 spiro atoms. The first-order chi connectivity index (χ1) is 13.3. The highest BCUT2D eigenvalue weighted by Gasteiger charge is 2.67. The summed E-state index contributed by atoms with van der Waals surface area (Å²) in [5.41, 5.74) is 0.609. The van der Waals surface area contributed by atoms with E-state index < -0.39 is 60.1 Å². The van der Waals surface area contributed by atoms with E-state index in [1.165, 1.54) is 12.1 Å². The van der Waals surface area contributed by atoms with Crippen LogP contribution in [0.2, 0.25) is 0 Å². The molecule has 3 fully saturated rings. The largest absolute Gasteiger partial charge is 0.508 e. The molecule has 9 nitrogen and oxygen atoms in total. The van der Waals surface area contributed by atoms with Crippen molar-refractivity contribution in [2.24, 2.45) is 23.7 Å². The number of carbonyl (C=O) groups excluding carboxylic acids is 3. The number of aromatic hydroxyl groups is 1. The molecule has 6 atom stereocenters. The van der Waals surface area contributed by atoms with Crippen molar-refractivity contribution in [2.75, 3.05) is 13.7 Å². The number of aliphatic hydroxyl groups excluding tert-OH is 1. The van der Waals surface area contributed by atoms with Gasteiger partial charge in [-0.1, -0.05) is 12.1 Å². The SMILES string of the molecule is COC(=O)N1C(=O)[C@H]2[C@H](C[C@H](CO)[C@@]3(O)O[C@H](c4cccc(O)c4)C[C@@H]23)C1=O. The summed E-state index contributed by atoms with van der Waals surface area (Å²) < 4.78 is 10.4. The van der Waals surface area contributed by atoms with E-state index in [4.69, 9.17) is 4.74 Å². The molecule has 0 aromatic heterocycles. The number of likely N-dealkylation sites (tertiary alicyclic amines) is 1. The molecule has 3 amide bonds. The first kappa shape index (κ1) is 18.9. The third-order valence-corrected chi connectivity index (χ3v) is 6.18. The summed E-state index contributed by atoms with van der Waals surface area (Å²) in [4.78, 5) is 37.9. The quantitative estimate of drug-likeness (QED) is 0.622. The Hall–Kier alpha value is -2.49. The lowest BCUT2D eigenvalue weighted by atomic mass is 9.64. The fourth-order valence-corrected chi connectivity index (χ4v) is 4.90. The molecule has 4 rings (SSSR count). The number of rotatable bonds is 2. The van der Waals surface area contributed by atoms with Crippen molar-refractivity contribution in [3.8, 4) is 5.75 Å². The van der Waals surface area contributed by atoms with E-state index in [0.29, 0.717) is 10.5 Å². The van der Waals surface area contributed by atoms with Crippen LogP contribution < -0.4 is 0 Å². The molecule has 3 aliphatic rings. The third kappa shape index (κ3) is 2.54. The van der Waals surface area contributed by atoms with Crippen LogP contribution in [0.25, 0.3) is 0 Å². The van der Waals surface area contributed by atoms with Gasteiger partial charge in [0.15, 0.2) is 5.79 Å². The van der Waals surface area contributed by atoms with Gasteiger partial charge in [0.1, 0.15) is 5.75 Å². The average molecular weight is 391 g/mol. The van der Waals surface area contributed by atoms with E-state index in [9.17, 15) is 29.7 Å². The number of imide groups is 3. The van der Waals surface area contributed by atoms with Gasteiger partial charge in [-0.2, -0.15) is 4.90 Å². The zero-order valence-corrected chi connectivity index (χ0v) is 15.1. The second-order valence-corrected chi connectivity index (χ2v) is 7.52. The standard InChI is InChI=1S/C19H21NO8/c1-27-18(25)20-16(23)12-6-10(8-21)19(26)13(15(12)17(20)24)7-14(28-19)9-3-2-4-11(22)5-9/h2-5,10,12-15,21-22,26H,6-8H2,1H3/t10-,12+,13+,14+,15+,19-/m1/s1. The van der Waals surface area contributed by atoms with Crippen LogP contribution in [0.15, 0.2) is 24.3 Å². The molecular formula is C19H21NO8. The number of aliphatic hydroxyl groups is 2. The summed E-state index contributed by atoms with van der Waals surface area (Å²) in [5.74, 6) is -6.55. The van der Waals surface area contributed by atoms with E-state index in [-0.39, 0.29) is 18.6 Å². The Labute approximate surface area is 160 Å². The van der Waals surface area contributed by atoms with Gasteiger partial charge in [0, 0.05) is 11.8 Å². The molecule has 3 N–H and O–H groups in total. The molecule has 0 unspecified atom stereocenters. The van der Waals surface area contributed by atoms with Gasteiger partial charge in [-0.3, -0.25) is 9.59 Å². The van der Waals surface area contributed by atoms with Gasteiger partial charge < -0.3 is 24.8 Å². The predicted molar refractivity (Wildman–Crippen MR) is 91.4 cm³/mol. The number of ether oxygens (including phenoxy) is 2. The summed E-state index contributed by atoms with van der Waals surface area (Å²) in [6, 6.07) is 6.36. The van der Waals surface area contributed by atoms with Crippen LogP contribution in [0.1, 0.15) is 24.5 Å². The van der Waals surface area contributed by atoms with Crippen LogP contribution in [0, 0.1) is 23.7 Å². The molecule has 1 aliphatic carbocycles. The zero-order chi connectivity index (χ0) is 20.2. The fraction of sp³-hybridized carbons (Fsp3) is 0.526. The second-order valence-electron chi connectivity index (χ2n) is 7.52. The van der Waals surface area contributed by atoms with Crippen molar-refractivity contribution in [2.45, 2.75) is 24.7 Å². The summed E-state index contributed by atoms with van der Waals surface area (Å²) in [6.07, 6.45) is -1.48. The fourth-order valence-electron chi connectivity index (χ4n) is 4.90. The van der Waals surface area contributed by atoms with E-state index in [1.54, 1.807) is 12.1 Å². The number of fused-ring (bicyclic) bond motifs is 3. The number of carbonyl (C=O) groups is 3. The summed E-state index contributed by atoms with van der Waals surface area (Å²) in [7, 11) is 1.08. The Balaban J connectivity index is 1.72. The zero-order valence-electron chi connectivity index (χ0n) is 15.1. The van der Waals surface area contributed by atoms with Crippen LogP contribution in [-0.2, 0) is 19.1 Å². The summed E-state index contributed by atoms with van der Waals surface area (Å²) in [6.45, 7) is -0.442. The summed E-state index contributed by atoms with van der Waals surface area (Å²) >= 11 is 0. The summed E-state index contributed by atoms with van der Waals surface area (Å²) in [5, 5.41) is 30.8. The minimum Gasteiger partial charge on any atom is -0.508 e. The van der Waals surface area contributed by atoms with Crippen molar-refractivity contribution in [3.05, 3.63) is 29.8 Å². The number of methoxy groups -OCH3 is 1. The number of benzene rings is 1. The highest BCUT2D eigenvalue weighted by Crippen LogP contribution is 2.58. The van der Waals surface area contributed by atoms with E-state index in [2.05, 4.69) is 4.74 Å². The minimum atomic E-state index is -1.83. The number of amides is 3.